The summed E-state index contributed by atoms with van der Waals surface area (Å²) >= 11 is 0. The molecule has 0 aromatic rings. The highest BCUT2D eigenvalue weighted by atomic mass is 14.1. The van der Waals surface area contributed by atoms with E-state index in [1.807, 2.05) is 0 Å². The van der Waals surface area contributed by atoms with Crippen LogP contribution in [0.3, 0.4) is 0 Å². The average Bonchev–Trinajstić information content (AvgIpc) is 1.94. The Morgan fingerprint density at radius 3 is 3.00 bits per heavy atom. The Kier molecular flexibility index (Phi) is 2.26. The smallest absolute Gasteiger partial charge is 0.0491 e. The van der Waals surface area contributed by atoms with Crippen LogP contribution in [0.25, 0.3) is 0 Å². The predicted molar refractivity (Wildman–Crippen MR) is 36.5 cm³/mol. The van der Waals surface area contributed by atoms with Crippen molar-refractivity contribution in [2.45, 2.75) is 39.0 Å². The third-order valence-electron chi connectivity index (χ3n) is 1.93. The minimum atomic E-state index is 0.900. The molecule has 0 N–H and O–H groups in total. The van der Waals surface area contributed by atoms with Crippen molar-refractivity contribution in [3.63, 3.8) is 0 Å². The minimum absolute atomic E-state index is 0.900. The highest BCUT2D eigenvalue weighted by Crippen LogP contribution is 2.20. The molecule has 1 unspecified atom stereocenters. The Labute approximate surface area is 52.3 Å². The molecule has 0 aliphatic heterocycles. The second-order valence-electron chi connectivity index (χ2n) is 2.85. The summed E-state index contributed by atoms with van der Waals surface area (Å²) in [5.41, 5.74) is 0. The van der Waals surface area contributed by atoms with Gasteiger partial charge in [0.25, 0.3) is 0 Å². The largest absolute Gasteiger partial charge is 0.0949 e. The highest BCUT2D eigenvalue weighted by molar-refractivity contribution is 4.75. The summed E-state index contributed by atoms with van der Waals surface area (Å²) in [6.45, 7) is 2.32. The fraction of sp³-hybridized carbons (Fsp3) is 0.875. The molecule has 8 heavy (non-hydrogen) atoms. The van der Waals surface area contributed by atoms with Crippen LogP contribution in [0.2, 0.25) is 0 Å². The molecule has 1 fully saturated rings. The maximum atomic E-state index is 2.47. The summed E-state index contributed by atoms with van der Waals surface area (Å²) in [4.78, 5) is 0. The van der Waals surface area contributed by atoms with Crippen LogP contribution in [0.1, 0.15) is 39.0 Å². The van der Waals surface area contributed by atoms with Crippen LogP contribution in [-0.2, 0) is 0 Å². The van der Waals surface area contributed by atoms with Gasteiger partial charge in [-0.15, -0.1) is 0 Å². The molecule has 0 heteroatoms. The Bertz CT molecular complexity index is 49.1. The quantitative estimate of drug-likeness (QED) is 0.333. The van der Waals surface area contributed by atoms with Gasteiger partial charge < -0.3 is 0 Å². The van der Waals surface area contributed by atoms with E-state index < -0.39 is 0 Å². The molecule has 0 heterocycles. The van der Waals surface area contributed by atoms with Crippen molar-refractivity contribution in [3.05, 3.63) is 6.42 Å². The van der Waals surface area contributed by atoms with Crippen molar-refractivity contribution in [3.8, 4) is 0 Å². The van der Waals surface area contributed by atoms with Gasteiger partial charge in [0.15, 0.2) is 0 Å². The zero-order valence-electron chi connectivity index (χ0n) is 5.69. The molecule has 0 saturated heterocycles. The van der Waals surface area contributed by atoms with E-state index in [1.54, 1.807) is 0 Å². The average molecular weight is 111 g/mol. The Morgan fingerprint density at radius 1 is 1.25 bits per heavy atom. The lowest BCUT2D eigenvalue weighted by Gasteiger charge is -1.93. The molecule has 1 aliphatic carbocycles. The Hall–Kier alpha value is -0.130. The van der Waals surface area contributed by atoms with Crippen molar-refractivity contribution < 1.29 is 0 Å². The Balaban J connectivity index is 2.17. The molecule has 0 radical (unpaired) electrons. The zero-order valence-corrected chi connectivity index (χ0v) is 5.69. The molecular formula is C8H15+. The van der Waals surface area contributed by atoms with Crippen molar-refractivity contribution in [1.82, 2.24) is 0 Å². The maximum Gasteiger partial charge on any atom is 0.0949 e. The van der Waals surface area contributed by atoms with Gasteiger partial charge in [0.05, 0.1) is 18.8 Å². The van der Waals surface area contributed by atoms with E-state index in [4.69, 9.17) is 0 Å². The van der Waals surface area contributed by atoms with Crippen LogP contribution >= 0.6 is 0 Å². The molecule has 1 saturated carbocycles. The monoisotopic (exact) mass is 111 g/mol. The fourth-order valence-corrected chi connectivity index (χ4v) is 1.31. The summed E-state index contributed by atoms with van der Waals surface area (Å²) in [5.74, 6) is 0.900. The van der Waals surface area contributed by atoms with Crippen molar-refractivity contribution in [2.75, 3.05) is 0 Å². The highest BCUT2D eigenvalue weighted by Gasteiger charge is 2.13. The van der Waals surface area contributed by atoms with Gasteiger partial charge >= 0.3 is 0 Å². The normalized spacial score (nSPS) is 30.9. The van der Waals surface area contributed by atoms with E-state index in [0.29, 0.717) is 0 Å². The van der Waals surface area contributed by atoms with Crippen molar-refractivity contribution in [2.24, 2.45) is 5.92 Å². The molecule has 0 aromatic carbocycles. The molecular weight excluding hydrogens is 96.1 g/mol. The first-order chi connectivity index (χ1) is 3.89. The van der Waals surface area contributed by atoms with Gasteiger partial charge in [-0.05, 0) is 32.6 Å². The molecule has 0 amide bonds. The number of rotatable bonds is 0. The van der Waals surface area contributed by atoms with Gasteiger partial charge in [0, 0.05) is 0 Å². The van der Waals surface area contributed by atoms with Gasteiger partial charge in [0.2, 0.25) is 0 Å². The third-order valence-corrected chi connectivity index (χ3v) is 1.93. The summed E-state index contributed by atoms with van der Waals surface area (Å²) in [5, 5.41) is 0. The van der Waals surface area contributed by atoms with E-state index in [1.165, 1.54) is 32.1 Å². The van der Waals surface area contributed by atoms with E-state index in [2.05, 4.69) is 13.3 Å². The maximum absolute atomic E-state index is 2.47. The lowest BCUT2D eigenvalue weighted by molar-refractivity contribution is 0.592. The summed E-state index contributed by atoms with van der Waals surface area (Å²) in [6.07, 6.45) is 9.61. The second kappa shape index (κ2) is 3.01. The van der Waals surface area contributed by atoms with Crippen molar-refractivity contribution >= 4 is 0 Å². The van der Waals surface area contributed by atoms with Crippen LogP contribution in [0, 0.1) is 12.3 Å². The van der Waals surface area contributed by atoms with E-state index in [9.17, 15) is 0 Å². The van der Waals surface area contributed by atoms with Crippen molar-refractivity contribution in [1.29, 1.82) is 0 Å². The second-order valence-corrected chi connectivity index (χ2v) is 2.85. The summed E-state index contributed by atoms with van der Waals surface area (Å²) < 4.78 is 0. The molecule has 0 spiro atoms. The number of hydrogen-bond acceptors (Lipinski definition) is 0. The topological polar surface area (TPSA) is 0 Å². The lowest BCUT2D eigenvalue weighted by atomic mass is 10.0. The van der Waals surface area contributed by atoms with Crippen LogP contribution in [0.4, 0.5) is 0 Å². The first-order valence-corrected chi connectivity index (χ1v) is 3.73. The van der Waals surface area contributed by atoms with Gasteiger partial charge in [-0.25, -0.2) is 0 Å². The molecule has 0 aromatic heterocycles. The molecule has 1 aliphatic rings. The lowest BCUT2D eigenvalue weighted by Crippen LogP contribution is -1.89. The Morgan fingerprint density at radius 2 is 2.12 bits per heavy atom. The van der Waals surface area contributed by atoms with E-state index >= 15 is 0 Å². The first kappa shape index (κ1) is 6.00. The van der Waals surface area contributed by atoms with Gasteiger partial charge in [-0.3, -0.25) is 0 Å². The van der Waals surface area contributed by atoms with Crippen LogP contribution in [0.5, 0.6) is 0 Å². The third kappa shape index (κ3) is 1.77. The summed E-state index contributed by atoms with van der Waals surface area (Å²) in [6, 6.07) is 0. The van der Waals surface area contributed by atoms with E-state index in [0.717, 1.165) is 5.92 Å². The van der Waals surface area contributed by atoms with Gasteiger partial charge in [-0.1, -0.05) is 0 Å². The van der Waals surface area contributed by atoms with Crippen LogP contribution in [-0.4, -0.2) is 0 Å². The SMILES string of the molecule is CC1[CH+]CCCCC1. The standard InChI is InChI=1S/C8H15/c1-8-6-4-2-3-5-7-8/h6,8H,2-5,7H2,1H3/q+1. The van der Waals surface area contributed by atoms with Gasteiger partial charge in [-0.2, -0.15) is 0 Å². The van der Waals surface area contributed by atoms with Gasteiger partial charge in [0.1, 0.15) is 0 Å². The van der Waals surface area contributed by atoms with Crippen LogP contribution in [0.15, 0.2) is 0 Å². The summed E-state index contributed by atoms with van der Waals surface area (Å²) in [7, 11) is 0. The first-order valence-electron chi connectivity index (χ1n) is 3.73. The predicted octanol–water partition coefficient (Wildman–Crippen LogP) is 2.79. The molecule has 1 atom stereocenters. The molecule has 46 valence electrons. The minimum Gasteiger partial charge on any atom is -0.0491 e. The molecule has 0 nitrogen and oxygen atoms in total. The fourth-order valence-electron chi connectivity index (χ4n) is 1.31. The zero-order chi connectivity index (χ0) is 5.82. The molecule has 0 bridgehead atoms. The van der Waals surface area contributed by atoms with E-state index in [-0.39, 0.29) is 0 Å². The number of hydrogen-bond donors (Lipinski definition) is 0. The van der Waals surface area contributed by atoms with Crippen LogP contribution < -0.4 is 0 Å². The molecule has 1 rings (SSSR count).